The molecule has 5 aliphatic rings. The zero-order valence-electron chi connectivity index (χ0n) is 24.8. The number of fused-ring (bicyclic) bond motifs is 3. The van der Waals surface area contributed by atoms with E-state index in [1.807, 2.05) is 45.9 Å². The fourth-order valence-corrected chi connectivity index (χ4v) is 8.57. The van der Waals surface area contributed by atoms with Crippen LogP contribution in [0.2, 0.25) is 0 Å². The molecule has 0 heterocycles. The molecule has 0 aromatic carbocycles. The van der Waals surface area contributed by atoms with Crippen LogP contribution in [0.4, 0.5) is 0 Å². The summed E-state index contributed by atoms with van der Waals surface area (Å²) in [4.78, 5) is 52.5. The number of carbonyl (C=O) groups excluding carboxylic acids is 3. The number of carboxylic acid groups (broad SMARTS) is 1. The molecule has 4 atom stereocenters. The van der Waals surface area contributed by atoms with Crippen molar-refractivity contribution in [2.45, 2.75) is 87.0 Å². The largest absolute Gasteiger partial charge is 0.481 e. The Morgan fingerprint density at radius 3 is 2.35 bits per heavy atom. The molecule has 1 N–H and O–H groups in total. The van der Waals surface area contributed by atoms with E-state index in [1.54, 1.807) is 6.08 Å². The summed E-state index contributed by atoms with van der Waals surface area (Å²) in [6.45, 7) is 13.7. The summed E-state index contributed by atoms with van der Waals surface area (Å²) >= 11 is 0. The molecule has 5 aliphatic carbocycles. The monoisotopic (exact) mass is 540 g/mol. The van der Waals surface area contributed by atoms with Crippen molar-refractivity contribution in [2.24, 2.45) is 22.2 Å². The molecule has 0 aromatic rings. The topological polar surface area (TPSA) is 88.5 Å². The van der Waals surface area contributed by atoms with Crippen LogP contribution in [0.3, 0.4) is 0 Å². The minimum atomic E-state index is -0.911. The molecule has 5 rings (SSSR count). The molecule has 5 nitrogen and oxygen atoms in total. The molecular weight excluding hydrogens is 500 g/mol. The summed E-state index contributed by atoms with van der Waals surface area (Å²) in [7, 11) is 0. The summed E-state index contributed by atoms with van der Waals surface area (Å²) < 4.78 is 0. The Balaban J connectivity index is 1.63. The third-order valence-electron chi connectivity index (χ3n) is 10.6. The van der Waals surface area contributed by atoms with Gasteiger partial charge in [-0.1, -0.05) is 60.9 Å². The summed E-state index contributed by atoms with van der Waals surface area (Å²) in [6.07, 6.45) is 13.9. The van der Waals surface area contributed by atoms with Crippen LogP contribution in [0.25, 0.3) is 0 Å². The molecule has 0 aromatic heterocycles. The van der Waals surface area contributed by atoms with Crippen molar-refractivity contribution in [2.75, 3.05) is 0 Å². The van der Waals surface area contributed by atoms with Crippen LogP contribution in [0.5, 0.6) is 0 Å². The van der Waals surface area contributed by atoms with Crippen molar-refractivity contribution >= 4 is 23.3 Å². The van der Waals surface area contributed by atoms with Gasteiger partial charge in [0, 0.05) is 16.6 Å². The lowest BCUT2D eigenvalue weighted by molar-refractivity contribution is -0.140. The number of hydrogen-bond donors (Lipinski definition) is 1. The van der Waals surface area contributed by atoms with Crippen molar-refractivity contribution in [3.8, 4) is 0 Å². The zero-order valence-corrected chi connectivity index (χ0v) is 24.8. The van der Waals surface area contributed by atoms with Gasteiger partial charge >= 0.3 is 5.97 Å². The predicted molar refractivity (Wildman–Crippen MR) is 155 cm³/mol. The molecule has 0 amide bonds. The molecule has 210 valence electrons. The van der Waals surface area contributed by atoms with Crippen LogP contribution >= 0.6 is 0 Å². The van der Waals surface area contributed by atoms with Gasteiger partial charge in [-0.15, -0.1) is 0 Å². The van der Waals surface area contributed by atoms with Gasteiger partial charge in [0.1, 0.15) is 0 Å². The van der Waals surface area contributed by atoms with E-state index < -0.39 is 28.1 Å². The van der Waals surface area contributed by atoms with E-state index in [9.17, 15) is 24.3 Å². The molecule has 1 fully saturated rings. The summed E-state index contributed by atoms with van der Waals surface area (Å²) in [6, 6.07) is 0. The lowest BCUT2D eigenvalue weighted by atomic mass is 9.42. The van der Waals surface area contributed by atoms with Gasteiger partial charge < -0.3 is 5.11 Å². The smallest absolute Gasteiger partial charge is 0.310 e. The Labute approximate surface area is 237 Å². The SMILES string of the molecule is CC(=O)C1=C(C)CC2(C)CC3(C)CC4=C(C=CC5=CC(C(=O)O)CC=C5)CCC(C)=C4C(=O)C3=C(C)C2(C)C1=O. The van der Waals surface area contributed by atoms with Gasteiger partial charge in [-0.25, -0.2) is 0 Å². The minimum Gasteiger partial charge on any atom is -0.481 e. The molecule has 1 saturated carbocycles. The second-order valence-corrected chi connectivity index (χ2v) is 13.4. The summed E-state index contributed by atoms with van der Waals surface area (Å²) in [5, 5.41) is 9.44. The lowest BCUT2D eigenvalue weighted by Crippen LogP contribution is -2.57. The number of carbonyl (C=O) groups is 4. The number of Topliss-reactive ketones (excluding diaryl/α,β-unsaturated/α-hetero) is 3. The maximum Gasteiger partial charge on any atom is 0.310 e. The number of aliphatic carboxylic acids is 1. The second kappa shape index (κ2) is 9.36. The van der Waals surface area contributed by atoms with E-state index in [1.165, 1.54) is 6.92 Å². The highest BCUT2D eigenvalue weighted by Crippen LogP contribution is 2.67. The minimum absolute atomic E-state index is 0.0267. The summed E-state index contributed by atoms with van der Waals surface area (Å²) in [5.74, 6) is -1.65. The number of allylic oxidation sites excluding steroid dienone is 13. The molecule has 5 heteroatoms. The lowest BCUT2D eigenvalue weighted by Gasteiger charge is -2.59. The molecule has 0 spiro atoms. The molecular formula is C35H40O5. The zero-order chi connectivity index (χ0) is 29.4. The van der Waals surface area contributed by atoms with Crippen LogP contribution in [0, 0.1) is 22.2 Å². The fourth-order valence-electron chi connectivity index (χ4n) is 8.57. The van der Waals surface area contributed by atoms with Crippen molar-refractivity contribution in [3.63, 3.8) is 0 Å². The average Bonchev–Trinajstić information content (AvgIpc) is 2.85. The first-order chi connectivity index (χ1) is 18.6. The van der Waals surface area contributed by atoms with Crippen LogP contribution < -0.4 is 0 Å². The molecule has 40 heavy (non-hydrogen) atoms. The maximum absolute atomic E-state index is 14.4. The van der Waals surface area contributed by atoms with E-state index in [0.717, 1.165) is 57.4 Å². The van der Waals surface area contributed by atoms with Crippen LogP contribution in [-0.2, 0) is 19.2 Å². The predicted octanol–water partition coefficient (Wildman–Crippen LogP) is 7.13. The fraction of sp³-hybridized carbons (Fsp3) is 0.486. The van der Waals surface area contributed by atoms with E-state index in [0.29, 0.717) is 31.3 Å². The first-order valence-corrected chi connectivity index (χ1v) is 14.4. The quantitative estimate of drug-likeness (QED) is 0.383. The van der Waals surface area contributed by atoms with E-state index in [2.05, 4.69) is 19.9 Å². The Kier molecular flexibility index (Phi) is 6.60. The number of hydrogen-bond acceptors (Lipinski definition) is 4. The first-order valence-electron chi connectivity index (χ1n) is 14.4. The van der Waals surface area contributed by atoms with Crippen molar-refractivity contribution in [1.29, 1.82) is 0 Å². The van der Waals surface area contributed by atoms with Gasteiger partial charge in [0.15, 0.2) is 17.3 Å². The Hall–Kier alpha value is -3.34. The third-order valence-corrected chi connectivity index (χ3v) is 10.6. The van der Waals surface area contributed by atoms with Crippen molar-refractivity contribution in [3.05, 3.63) is 80.5 Å². The molecule has 0 saturated heterocycles. The van der Waals surface area contributed by atoms with Crippen LogP contribution in [-0.4, -0.2) is 28.4 Å². The van der Waals surface area contributed by atoms with Gasteiger partial charge in [0.2, 0.25) is 0 Å². The molecule has 0 aliphatic heterocycles. The van der Waals surface area contributed by atoms with Crippen LogP contribution in [0.15, 0.2) is 80.5 Å². The van der Waals surface area contributed by atoms with Gasteiger partial charge in [0.25, 0.3) is 0 Å². The standard InChI is InChI=1S/C35H40O5/c1-19-11-13-24(14-12-23-9-8-10-25(15-23)32(39)40)26-17-33(5)18-34(6)16-20(2)27(22(4)36)31(38)35(34,7)21(3)29(33)30(37)28(19)26/h8-9,12,14-15,25H,10-11,13,16-18H2,1-7H3,(H,39,40). The highest BCUT2D eigenvalue weighted by Gasteiger charge is 2.63. The first kappa shape index (κ1) is 28.2. The maximum atomic E-state index is 14.4. The average molecular weight is 541 g/mol. The van der Waals surface area contributed by atoms with E-state index >= 15 is 0 Å². The summed E-state index contributed by atoms with van der Waals surface area (Å²) in [5.41, 5.74) is 5.93. The highest BCUT2D eigenvalue weighted by molar-refractivity contribution is 6.24. The van der Waals surface area contributed by atoms with Gasteiger partial charge in [-0.2, -0.15) is 0 Å². The number of rotatable bonds is 4. The number of carboxylic acids is 1. The Morgan fingerprint density at radius 2 is 1.70 bits per heavy atom. The van der Waals surface area contributed by atoms with E-state index in [-0.39, 0.29) is 17.3 Å². The van der Waals surface area contributed by atoms with Crippen molar-refractivity contribution in [1.82, 2.24) is 0 Å². The second-order valence-electron chi connectivity index (χ2n) is 13.4. The Bertz CT molecular complexity index is 1500. The molecule has 0 radical (unpaired) electrons. The van der Waals surface area contributed by atoms with Crippen LogP contribution in [0.1, 0.15) is 87.0 Å². The normalized spacial score (nSPS) is 34.3. The van der Waals surface area contributed by atoms with E-state index in [4.69, 9.17) is 0 Å². The number of ketones is 3. The van der Waals surface area contributed by atoms with Gasteiger partial charge in [-0.3, -0.25) is 19.2 Å². The molecule has 0 bridgehead atoms. The van der Waals surface area contributed by atoms with Crippen molar-refractivity contribution < 1.29 is 24.3 Å². The van der Waals surface area contributed by atoms with Gasteiger partial charge in [-0.05, 0) is 95.3 Å². The Morgan fingerprint density at radius 1 is 1.00 bits per heavy atom. The highest BCUT2D eigenvalue weighted by atomic mass is 16.4. The molecule has 4 unspecified atom stereocenters. The van der Waals surface area contributed by atoms with Gasteiger partial charge in [0.05, 0.1) is 16.9 Å². The third kappa shape index (κ3) is 3.95.